The lowest BCUT2D eigenvalue weighted by atomic mass is 10.1. The highest BCUT2D eigenvalue weighted by molar-refractivity contribution is 8.00. The van der Waals surface area contributed by atoms with Gasteiger partial charge in [0.05, 0.1) is 32.3 Å². The van der Waals surface area contributed by atoms with Crippen LogP contribution in [0.15, 0.2) is 76.5 Å². The minimum Gasteiger partial charge on any atom is -0.497 e. The molecule has 0 N–H and O–H groups in total. The number of Topliss-reactive ketones (excluding diaryl/α,β-unsaturated/α-hetero) is 1. The molecule has 4 aromatic rings. The molecule has 0 aliphatic carbocycles. The first-order chi connectivity index (χ1) is 15.6. The summed E-state index contributed by atoms with van der Waals surface area (Å²) >= 11 is 1.37. The lowest BCUT2D eigenvalue weighted by Gasteiger charge is -2.13. The molecule has 0 amide bonds. The Labute approximate surface area is 190 Å². The van der Waals surface area contributed by atoms with E-state index >= 15 is 0 Å². The van der Waals surface area contributed by atoms with E-state index in [0.29, 0.717) is 28.8 Å². The Morgan fingerprint density at radius 3 is 2.50 bits per heavy atom. The second-order valence-corrected chi connectivity index (χ2v) is 8.36. The van der Waals surface area contributed by atoms with Gasteiger partial charge in [0.25, 0.3) is 0 Å². The number of thioether (sulfide) groups is 1. The zero-order chi connectivity index (χ0) is 22.5. The Morgan fingerprint density at radius 1 is 1.03 bits per heavy atom. The van der Waals surface area contributed by atoms with Gasteiger partial charge >= 0.3 is 0 Å². The fourth-order valence-electron chi connectivity index (χ4n) is 3.25. The highest BCUT2D eigenvalue weighted by Gasteiger charge is 2.22. The third-order valence-corrected chi connectivity index (χ3v) is 6.05. The van der Waals surface area contributed by atoms with Gasteiger partial charge in [-0.3, -0.25) is 9.36 Å². The van der Waals surface area contributed by atoms with Crippen LogP contribution in [0, 0.1) is 0 Å². The van der Waals surface area contributed by atoms with Crippen LogP contribution in [0.3, 0.4) is 0 Å². The number of ether oxygens (including phenoxy) is 2. The van der Waals surface area contributed by atoms with Crippen molar-refractivity contribution in [2.24, 2.45) is 0 Å². The molecule has 32 heavy (non-hydrogen) atoms. The molecule has 8 heteroatoms. The van der Waals surface area contributed by atoms with Crippen LogP contribution in [0.2, 0.25) is 0 Å². The normalized spacial score (nSPS) is 11.8. The van der Waals surface area contributed by atoms with Gasteiger partial charge in [0.15, 0.2) is 16.8 Å². The maximum Gasteiger partial charge on any atom is 0.192 e. The van der Waals surface area contributed by atoms with Gasteiger partial charge < -0.3 is 13.9 Å². The lowest BCUT2D eigenvalue weighted by Crippen LogP contribution is -2.15. The molecule has 0 aliphatic heterocycles. The minimum atomic E-state index is -0.360. The summed E-state index contributed by atoms with van der Waals surface area (Å²) in [4.78, 5) is 13.0. The van der Waals surface area contributed by atoms with Gasteiger partial charge in [-0.05, 0) is 55.5 Å². The predicted octanol–water partition coefficient (Wildman–Crippen LogP) is 4.97. The highest BCUT2D eigenvalue weighted by atomic mass is 32.2. The minimum absolute atomic E-state index is 0.00753. The van der Waals surface area contributed by atoms with Crippen molar-refractivity contribution in [3.05, 3.63) is 78.3 Å². The number of rotatable bonds is 9. The number of hydrogen-bond acceptors (Lipinski definition) is 7. The number of methoxy groups -OCH3 is 2. The van der Waals surface area contributed by atoms with Gasteiger partial charge in [0.2, 0.25) is 0 Å². The number of carbonyl (C=O) groups is 1. The van der Waals surface area contributed by atoms with Crippen molar-refractivity contribution < 1.29 is 18.7 Å². The van der Waals surface area contributed by atoms with Crippen LogP contribution < -0.4 is 9.47 Å². The number of nitrogens with zero attached hydrogens (tertiary/aromatic N) is 3. The van der Waals surface area contributed by atoms with Crippen LogP contribution in [-0.4, -0.2) is 40.0 Å². The Morgan fingerprint density at radius 2 is 1.81 bits per heavy atom. The van der Waals surface area contributed by atoms with Gasteiger partial charge in [0, 0.05) is 11.1 Å². The van der Waals surface area contributed by atoms with Crippen LogP contribution in [0.25, 0.3) is 11.4 Å². The fourth-order valence-corrected chi connectivity index (χ4v) is 4.18. The highest BCUT2D eigenvalue weighted by Crippen LogP contribution is 2.30. The van der Waals surface area contributed by atoms with Crippen molar-refractivity contribution in [3.8, 4) is 22.9 Å². The van der Waals surface area contributed by atoms with Crippen molar-refractivity contribution in [1.29, 1.82) is 0 Å². The van der Waals surface area contributed by atoms with Crippen molar-refractivity contribution in [1.82, 2.24) is 14.8 Å². The molecule has 0 spiro atoms. The van der Waals surface area contributed by atoms with Gasteiger partial charge in [-0.1, -0.05) is 23.9 Å². The van der Waals surface area contributed by atoms with Gasteiger partial charge in [-0.25, -0.2) is 0 Å². The number of ketones is 1. The maximum absolute atomic E-state index is 13.0. The number of furan rings is 1. The van der Waals surface area contributed by atoms with Crippen LogP contribution in [0.1, 0.15) is 23.0 Å². The first kappa shape index (κ1) is 21.7. The number of hydrogen-bond donors (Lipinski definition) is 0. The Kier molecular flexibility index (Phi) is 6.61. The second kappa shape index (κ2) is 9.74. The molecule has 0 saturated heterocycles. The molecule has 0 fully saturated rings. The summed E-state index contributed by atoms with van der Waals surface area (Å²) in [5.74, 6) is 2.89. The molecule has 2 aromatic heterocycles. The Hall–Kier alpha value is -3.52. The van der Waals surface area contributed by atoms with E-state index in [1.54, 1.807) is 44.7 Å². The topological polar surface area (TPSA) is 79.4 Å². The van der Waals surface area contributed by atoms with Crippen molar-refractivity contribution in [2.75, 3.05) is 14.2 Å². The van der Waals surface area contributed by atoms with E-state index in [1.165, 1.54) is 11.8 Å². The monoisotopic (exact) mass is 449 g/mol. The first-order valence-electron chi connectivity index (χ1n) is 10.0. The standard InChI is InChI=1S/C24H23N3O4S/c1-16(22(28)17-9-11-19(29-2)12-10-17)32-24-26-25-23(18-6-4-7-20(14-18)30-3)27(24)15-21-8-5-13-31-21/h4-14,16H,15H2,1-3H3. The molecule has 1 atom stereocenters. The molecule has 2 heterocycles. The van der Waals surface area contributed by atoms with Gasteiger partial charge in [-0.2, -0.15) is 0 Å². The molecule has 7 nitrogen and oxygen atoms in total. The summed E-state index contributed by atoms with van der Waals surface area (Å²) < 4.78 is 18.0. The van der Waals surface area contributed by atoms with Crippen LogP contribution >= 0.6 is 11.8 Å². The predicted molar refractivity (Wildman–Crippen MR) is 122 cm³/mol. The number of carbonyl (C=O) groups excluding carboxylic acids is 1. The first-order valence-corrected chi connectivity index (χ1v) is 10.9. The van der Waals surface area contributed by atoms with E-state index in [-0.39, 0.29) is 11.0 Å². The Bertz CT molecular complexity index is 1190. The quantitative estimate of drug-likeness (QED) is 0.264. The van der Waals surface area contributed by atoms with Gasteiger partial charge in [0.1, 0.15) is 17.3 Å². The second-order valence-electron chi connectivity index (χ2n) is 7.06. The Balaban J connectivity index is 1.63. The van der Waals surface area contributed by atoms with Crippen LogP contribution in [-0.2, 0) is 6.54 Å². The molecule has 2 aromatic carbocycles. The van der Waals surface area contributed by atoms with E-state index in [9.17, 15) is 4.79 Å². The molecule has 0 bridgehead atoms. The van der Waals surface area contributed by atoms with Crippen molar-refractivity contribution >= 4 is 17.5 Å². The smallest absolute Gasteiger partial charge is 0.192 e. The largest absolute Gasteiger partial charge is 0.497 e. The molecular formula is C24H23N3O4S. The molecular weight excluding hydrogens is 426 g/mol. The lowest BCUT2D eigenvalue weighted by molar-refractivity contribution is 0.0994. The number of benzene rings is 2. The summed E-state index contributed by atoms with van der Waals surface area (Å²) in [5, 5.41) is 9.08. The summed E-state index contributed by atoms with van der Waals surface area (Å²) in [5.41, 5.74) is 1.49. The van der Waals surface area contributed by atoms with Crippen molar-refractivity contribution in [3.63, 3.8) is 0 Å². The number of aromatic nitrogens is 3. The van der Waals surface area contributed by atoms with Crippen LogP contribution in [0.4, 0.5) is 0 Å². The van der Waals surface area contributed by atoms with Gasteiger partial charge in [-0.15, -0.1) is 10.2 Å². The molecule has 1 unspecified atom stereocenters. The SMILES string of the molecule is COc1ccc(C(=O)C(C)Sc2nnc(-c3cccc(OC)c3)n2Cc2ccco2)cc1. The summed E-state index contributed by atoms with van der Waals surface area (Å²) in [6.45, 7) is 2.31. The van der Waals surface area contributed by atoms with E-state index in [1.807, 2.05) is 47.9 Å². The van der Waals surface area contributed by atoms with E-state index in [4.69, 9.17) is 13.9 Å². The third kappa shape index (κ3) is 4.70. The maximum atomic E-state index is 13.0. The molecule has 164 valence electrons. The average molecular weight is 450 g/mol. The third-order valence-electron chi connectivity index (χ3n) is 4.96. The van der Waals surface area contributed by atoms with E-state index < -0.39 is 0 Å². The van der Waals surface area contributed by atoms with Crippen molar-refractivity contribution in [2.45, 2.75) is 23.9 Å². The zero-order valence-electron chi connectivity index (χ0n) is 18.0. The van der Waals surface area contributed by atoms with Crippen LogP contribution in [0.5, 0.6) is 11.5 Å². The average Bonchev–Trinajstić information content (AvgIpc) is 3.49. The molecule has 0 saturated carbocycles. The van der Waals surface area contributed by atoms with E-state index in [2.05, 4.69) is 10.2 Å². The molecule has 0 aliphatic rings. The fraction of sp³-hybridized carbons (Fsp3) is 0.208. The van der Waals surface area contributed by atoms with E-state index in [0.717, 1.165) is 17.1 Å². The summed E-state index contributed by atoms with van der Waals surface area (Å²) in [6.07, 6.45) is 1.63. The molecule has 4 rings (SSSR count). The zero-order valence-corrected chi connectivity index (χ0v) is 18.8. The summed E-state index contributed by atoms with van der Waals surface area (Å²) in [7, 11) is 3.22. The summed E-state index contributed by atoms with van der Waals surface area (Å²) in [6, 6.07) is 18.5. The molecule has 0 radical (unpaired) electrons.